The quantitative estimate of drug-likeness (QED) is 0.828. The van der Waals surface area contributed by atoms with Crippen molar-refractivity contribution in [1.82, 2.24) is 10.2 Å². The molecule has 26 heavy (non-hydrogen) atoms. The molecule has 3 rings (SSSR count). The predicted molar refractivity (Wildman–Crippen MR) is 85.9 cm³/mol. The van der Waals surface area contributed by atoms with Crippen molar-refractivity contribution in [3.8, 4) is 5.75 Å². The van der Waals surface area contributed by atoms with Gasteiger partial charge in [-0.25, -0.2) is 9.18 Å². The van der Waals surface area contributed by atoms with Gasteiger partial charge in [0.05, 0.1) is 6.54 Å². The molecule has 0 radical (unpaired) electrons. The van der Waals surface area contributed by atoms with Gasteiger partial charge in [-0.2, -0.15) is 8.78 Å². The normalized spacial score (nSPS) is 19.8. The Morgan fingerprint density at radius 2 is 1.88 bits per heavy atom. The molecule has 1 aliphatic heterocycles. The maximum Gasteiger partial charge on any atom is 0.387 e. The average molecular weight is 364 g/mol. The van der Waals surface area contributed by atoms with Crippen LogP contribution in [0.2, 0.25) is 0 Å². The lowest BCUT2D eigenvalue weighted by molar-refractivity contribution is -0.131. The number of carbonyl (C=O) groups is 2. The first-order valence-electron chi connectivity index (χ1n) is 7.74. The molecule has 1 heterocycles. The van der Waals surface area contributed by atoms with E-state index in [1.165, 1.54) is 43.3 Å². The number of nitrogens with zero attached hydrogens (tertiary/aromatic N) is 1. The summed E-state index contributed by atoms with van der Waals surface area (Å²) < 4.78 is 43.1. The Labute approximate surface area is 147 Å². The molecule has 1 aliphatic rings. The van der Waals surface area contributed by atoms with Gasteiger partial charge in [0.25, 0.3) is 5.91 Å². The van der Waals surface area contributed by atoms with Crippen LogP contribution < -0.4 is 10.1 Å². The molecular weight excluding hydrogens is 349 g/mol. The van der Waals surface area contributed by atoms with Gasteiger partial charge in [-0.3, -0.25) is 9.69 Å². The summed E-state index contributed by atoms with van der Waals surface area (Å²) in [5.74, 6) is -1.33. The standard InChI is InChI=1S/C18H15F3N2O3/c1-18(13-7-2-3-8-14(13)19)15(24)23(17(25)22-18)10-11-5-4-6-12(9-11)26-16(20)21/h2-9,16H,10H2,1H3,(H,22,25). The van der Waals surface area contributed by atoms with Crippen molar-refractivity contribution < 1.29 is 27.5 Å². The molecule has 0 spiro atoms. The Hall–Kier alpha value is -3.03. The number of carbonyl (C=O) groups excluding carboxylic acids is 2. The lowest BCUT2D eigenvalue weighted by Crippen LogP contribution is -2.41. The fourth-order valence-corrected chi connectivity index (χ4v) is 2.89. The summed E-state index contributed by atoms with van der Waals surface area (Å²) in [5, 5.41) is 2.50. The largest absolute Gasteiger partial charge is 0.435 e. The summed E-state index contributed by atoms with van der Waals surface area (Å²) in [7, 11) is 0. The third kappa shape index (κ3) is 3.22. The average Bonchev–Trinajstić information content (AvgIpc) is 2.79. The Bertz CT molecular complexity index is 859. The molecule has 2 aromatic carbocycles. The van der Waals surface area contributed by atoms with E-state index in [4.69, 9.17) is 0 Å². The van der Waals surface area contributed by atoms with Crippen LogP contribution >= 0.6 is 0 Å². The van der Waals surface area contributed by atoms with E-state index in [2.05, 4.69) is 10.1 Å². The molecule has 1 unspecified atom stereocenters. The minimum Gasteiger partial charge on any atom is -0.435 e. The molecule has 1 N–H and O–H groups in total. The predicted octanol–water partition coefficient (Wildman–Crippen LogP) is 3.39. The number of benzene rings is 2. The molecule has 1 fully saturated rings. The molecule has 1 saturated heterocycles. The Balaban J connectivity index is 1.85. The monoisotopic (exact) mass is 364 g/mol. The third-order valence-corrected chi connectivity index (χ3v) is 4.15. The highest BCUT2D eigenvalue weighted by Crippen LogP contribution is 2.31. The van der Waals surface area contributed by atoms with Crippen molar-refractivity contribution >= 4 is 11.9 Å². The van der Waals surface area contributed by atoms with Crippen LogP contribution in [-0.2, 0) is 16.9 Å². The van der Waals surface area contributed by atoms with E-state index in [1.807, 2.05) is 0 Å². The number of ether oxygens (including phenoxy) is 1. The highest BCUT2D eigenvalue weighted by Gasteiger charge is 2.50. The highest BCUT2D eigenvalue weighted by molar-refractivity contribution is 6.07. The number of halogens is 3. The maximum absolute atomic E-state index is 14.1. The molecule has 8 heteroatoms. The first-order chi connectivity index (χ1) is 12.3. The molecular formula is C18H15F3N2O3. The zero-order valence-corrected chi connectivity index (χ0v) is 13.7. The zero-order chi connectivity index (χ0) is 18.9. The second-order valence-corrected chi connectivity index (χ2v) is 5.95. The van der Waals surface area contributed by atoms with Crippen LogP contribution in [0.5, 0.6) is 5.75 Å². The van der Waals surface area contributed by atoms with E-state index in [-0.39, 0.29) is 17.9 Å². The number of hydrogen-bond acceptors (Lipinski definition) is 3. The molecule has 0 saturated carbocycles. The highest BCUT2D eigenvalue weighted by atomic mass is 19.3. The molecule has 0 bridgehead atoms. The van der Waals surface area contributed by atoms with Crippen LogP contribution in [0.15, 0.2) is 48.5 Å². The fraction of sp³-hybridized carbons (Fsp3) is 0.222. The van der Waals surface area contributed by atoms with Crippen LogP contribution in [0.4, 0.5) is 18.0 Å². The molecule has 5 nitrogen and oxygen atoms in total. The molecule has 0 aliphatic carbocycles. The number of imide groups is 1. The third-order valence-electron chi connectivity index (χ3n) is 4.15. The van der Waals surface area contributed by atoms with Gasteiger partial charge in [-0.15, -0.1) is 0 Å². The van der Waals surface area contributed by atoms with Crippen molar-refractivity contribution in [2.24, 2.45) is 0 Å². The summed E-state index contributed by atoms with van der Waals surface area (Å²) in [6, 6.07) is 10.7. The molecule has 136 valence electrons. The topological polar surface area (TPSA) is 58.6 Å². The molecule has 3 amide bonds. The second-order valence-electron chi connectivity index (χ2n) is 5.95. The number of alkyl halides is 2. The summed E-state index contributed by atoms with van der Waals surface area (Å²) in [6.45, 7) is -1.72. The van der Waals surface area contributed by atoms with Gasteiger partial charge in [-0.1, -0.05) is 30.3 Å². The van der Waals surface area contributed by atoms with Crippen LogP contribution in [-0.4, -0.2) is 23.4 Å². The summed E-state index contributed by atoms with van der Waals surface area (Å²) >= 11 is 0. The molecule has 0 aromatic heterocycles. The lowest BCUT2D eigenvalue weighted by Gasteiger charge is -2.22. The SMILES string of the molecule is CC1(c2ccccc2F)NC(=O)N(Cc2cccc(OC(F)F)c2)C1=O. The number of nitrogens with one attached hydrogen (secondary N) is 1. The van der Waals surface area contributed by atoms with Crippen LogP contribution in [0.25, 0.3) is 0 Å². The van der Waals surface area contributed by atoms with E-state index >= 15 is 0 Å². The fourth-order valence-electron chi connectivity index (χ4n) is 2.89. The Kier molecular flexibility index (Phi) is 4.58. The molecule has 1 atom stereocenters. The van der Waals surface area contributed by atoms with Crippen molar-refractivity contribution in [3.05, 3.63) is 65.5 Å². The van der Waals surface area contributed by atoms with E-state index < -0.39 is 29.9 Å². The number of hydrogen-bond donors (Lipinski definition) is 1. The molecule has 2 aromatic rings. The lowest BCUT2D eigenvalue weighted by atomic mass is 9.91. The number of amides is 3. The van der Waals surface area contributed by atoms with Crippen molar-refractivity contribution in [2.45, 2.75) is 25.6 Å². The van der Waals surface area contributed by atoms with E-state index in [9.17, 15) is 22.8 Å². The number of rotatable bonds is 5. The van der Waals surface area contributed by atoms with Crippen LogP contribution in [0, 0.1) is 5.82 Å². The van der Waals surface area contributed by atoms with Gasteiger partial charge in [0.15, 0.2) is 0 Å². The second kappa shape index (κ2) is 6.70. The van der Waals surface area contributed by atoms with Gasteiger partial charge in [0.1, 0.15) is 17.1 Å². The smallest absolute Gasteiger partial charge is 0.387 e. The van der Waals surface area contributed by atoms with Gasteiger partial charge in [-0.05, 0) is 30.7 Å². The summed E-state index contributed by atoms with van der Waals surface area (Å²) in [6.07, 6.45) is 0. The van der Waals surface area contributed by atoms with Crippen LogP contribution in [0.1, 0.15) is 18.1 Å². The van der Waals surface area contributed by atoms with Crippen molar-refractivity contribution in [3.63, 3.8) is 0 Å². The van der Waals surface area contributed by atoms with E-state index in [1.54, 1.807) is 12.1 Å². The van der Waals surface area contributed by atoms with Gasteiger partial charge >= 0.3 is 12.6 Å². The van der Waals surface area contributed by atoms with Crippen molar-refractivity contribution in [1.29, 1.82) is 0 Å². The van der Waals surface area contributed by atoms with E-state index in [0.29, 0.717) is 5.56 Å². The van der Waals surface area contributed by atoms with Gasteiger partial charge < -0.3 is 10.1 Å². The Morgan fingerprint density at radius 1 is 1.15 bits per heavy atom. The summed E-state index contributed by atoms with van der Waals surface area (Å²) in [4.78, 5) is 26.0. The van der Waals surface area contributed by atoms with Crippen LogP contribution in [0.3, 0.4) is 0 Å². The van der Waals surface area contributed by atoms with Crippen molar-refractivity contribution in [2.75, 3.05) is 0 Å². The summed E-state index contributed by atoms with van der Waals surface area (Å²) in [5.41, 5.74) is -1.07. The first-order valence-corrected chi connectivity index (χ1v) is 7.74. The van der Waals surface area contributed by atoms with Gasteiger partial charge in [0, 0.05) is 5.56 Å². The Morgan fingerprint density at radius 3 is 2.58 bits per heavy atom. The van der Waals surface area contributed by atoms with E-state index in [0.717, 1.165) is 4.90 Å². The minimum absolute atomic E-state index is 0.0515. The number of urea groups is 1. The first kappa shape index (κ1) is 17.8. The zero-order valence-electron chi connectivity index (χ0n) is 13.7. The minimum atomic E-state index is -2.98. The maximum atomic E-state index is 14.1. The van der Waals surface area contributed by atoms with Gasteiger partial charge in [0.2, 0.25) is 0 Å².